The quantitative estimate of drug-likeness (QED) is 0.574. The Hall–Kier alpha value is -1.82. The Labute approximate surface area is 112 Å². The van der Waals surface area contributed by atoms with Gasteiger partial charge >= 0.3 is 0 Å². The van der Waals surface area contributed by atoms with Crippen molar-refractivity contribution < 1.29 is 19.1 Å². The lowest BCUT2D eigenvalue weighted by atomic mass is 10.2. The van der Waals surface area contributed by atoms with Crippen molar-refractivity contribution in [1.29, 1.82) is 0 Å². The lowest BCUT2D eigenvalue weighted by molar-refractivity contribution is -0.120. The van der Waals surface area contributed by atoms with Crippen LogP contribution >= 0.6 is 0 Å². The molecule has 0 aliphatic rings. The summed E-state index contributed by atoms with van der Waals surface area (Å²) < 4.78 is 4.90. The van der Waals surface area contributed by atoms with Crippen LogP contribution in [0.4, 0.5) is 0 Å². The van der Waals surface area contributed by atoms with E-state index in [-0.39, 0.29) is 24.8 Å². The summed E-state index contributed by atoms with van der Waals surface area (Å²) >= 11 is 0. The predicted octanol–water partition coefficient (Wildman–Crippen LogP) is 0.678. The van der Waals surface area contributed by atoms with E-state index >= 15 is 0 Å². The van der Waals surface area contributed by atoms with Gasteiger partial charge in [0.2, 0.25) is 5.91 Å². The van der Waals surface area contributed by atoms with Gasteiger partial charge in [-0.3, -0.25) is 9.59 Å². The number of nitrogens with one attached hydrogen (secondary N) is 2. The molecular formula is C13H20N2O4. The Kier molecular flexibility index (Phi) is 7.34. The van der Waals surface area contributed by atoms with Crippen LogP contribution in [-0.4, -0.2) is 36.6 Å². The summed E-state index contributed by atoms with van der Waals surface area (Å²) in [6, 6.07) is 3.15. The van der Waals surface area contributed by atoms with Crippen molar-refractivity contribution in [2.24, 2.45) is 0 Å². The molecule has 1 rings (SSSR count). The number of hydrogen-bond donors (Lipinski definition) is 3. The maximum Gasteiger partial charge on any atom is 0.287 e. The van der Waals surface area contributed by atoms with E-state index in [1.807, 2.05) is 0 Å². The molecule has 0 aromatic carbocycles. The number of unbranched alkanes of at least 4 members (excludes halogenated alkanes) is 3. The van der Waals surface area contributed by atoms with E-state index in [1.54, 1.807) is 6.07 Å². The van der Waals surface area contributed by atoms with Crippen LogP contribution < -0.4 is 10.6 Å². The van der Waals surface area contributed by atoms with E-state index in [2.05, 4.69) is 10.6 Å². The highest BCUT2D eigenvalue weighted by Crippen LogP contribution is 1.99. The molecule has 0 saturated carbocycles. The number of rotatable bonds is 9. The largest absolute Gasteiger partial charge is 0.459 e. The van der Waals surface area contributed by atoms with Gasteiger partial charge in [0.1, 0.15) is 0 Å². The van der Waals surface area contributed by atoms with E-state index in [0.717, 1.165) is 25.7 Å². The number of carbonyl (C=O) groups excluding carboxylic acids is 2. The number of amides is 2. The van der Waals surface area contributed by atoms with Crippen LogP contribution in [0.5, 0.6) is 0 Å². The van der Waals surface area contributed by atoms with E-state index < -0.39 is 5.91 Å². The molecule has 6 nitrogen and oxygen atoms in total. The molecule has 3 N–H and O–H groups in total. The summed E-state index contributed by atoms with van der Waals surface area (Å²) in [7, 11) is 0. The number of carbonyl (C=O) groups is 2. The molecule has 2 amide bonds. The van der Waals surface area contributed by atoms with Gasteiger partial charge in [0, 0.05) is 13.2 Å². The van der Waals surface area contributed by atoms with Gasteiger partial charge in [-0.2, -0.15) is 0 Å². The van der Waals surface area contributed by atoms with Gasteiger partial charge in [0.15, 0.2) is 5.76 Å². The summed E-state index contributed by atoms with van der Waals surface area (Å²) in [5.74, 6) is -0.429. The second-order valence-corrected chi connectivity index (χ2v) is 4.15. The minimum absolute atomic E-state index is 0.0594. The fourth-order valence-electron chi connectivity index (χ4n) is 1.54. The summed E-state index contributed by atoms with van der Waals surface area (Å²) in [5, 5.41) is 13.8. The molecule has 6 heteroatoms. The first-order chi connectivity index (χ1) is 9.24. The highest BCUT2D eigenvalue weighted by atomic mass is 16.3. The molecule has 19 heavy (non-hydrogen) atoms. The summed E-state index contributed by atoms with van der Waals surface area (Å²) in [5.41, 5.74) is 0. The zero-order chi connectivity index (χ0) is 13.9. The van der Waals surface area contributed by atoms with Gasteiger partial charge in [0.25, 0.3) is 5.91 Å². The smallest absolute Gasteiger partial charge is 0.287 e. The van der Waals surface area contributed by atoms with Crippen LogP contribution in [0, 0.1) is 0 Å². The summed E-state index contributed by atoms with van der Waals surface area (Å²) in [4.78, 5) is 22.9. The Balaban J connectivity index is 2.03. The van der Waals surface area contributed by atoms with Crippen molar-refractivity contribution in [3.63, 3.8) is 0 Å². The molecule has 0 saturated heterocycles. The van der Waals surface area contributed by atoms with Crippen molar-refractivity contribution in [3.8, 4) is 0 Å². The van der Waals surface area contributed by atoms with Crippen LogP contribution in [0.25, 0.3) is 0 Å². The number of aliphatic hydroxyl groups is 1. The third-order valence-corrected chi connectivity index (χ3v) is 2.56. The fourth-order valence-corrected chi connectivity index (χ4v) is 1.54. The van der Waals surface area contributed by atoms with Gasteiger partial charge in [-0.25, -0.2) is 0 Å². The van der Waals surface area contributed by atoms with Crippen molar-refractivity contribution in [3.05, 3.63) is 24.2 Å². The lowest BCUT2D eigenvalue weighted by Gasteiger charge is -2.05. The molecular weight excluding hydrogens is 248 g/mol. The minimum atomic E-state index is -0.400. The van der Waals surface area contributed by atoms with Gasteiger partial charge < -0.3 is 20.2 Å². The van der Waals surface area contributed by atoms with E-state index in [1.165, 1.54) is 12.3 Å². The highest BCUT2D eigenvalue weighted by Gasteiger charge is 2.09. The third-order valence-electron chi connectivity index (χ3n) is 2.56. The number of aliphatic hydroxyl groups excluding tert-OH is 1. The van der Waals surface area contributed by atoms with Gasteiger partial charge in [-0.05, 0) is 25.0 Å². The second-order valence-electron chi connectivity index (χ2n) is 4.15. The molecule has 0 fully saturated rings. The maximum atomic E-state index is 11.4. The first-order valence-corrected chi connectivity index (χ1v) is 6.43. The first kappa shape index (κ1) is 15.2. The standard InChI is InChI=1S/C13H20N2O4/c16-8-4-2-1-3-7-14-12(17)10-15-13(18)11-6-5-9-19-11/h5-6,9,16H,1-4,7-8,10H2,(H,14,17)(H,15,18). The van der Waals surface area contributed by atoms with E-state index in [9.17, 15) is 9.59 Å². The first-order valence-electron chi connectivity index (χ1n) is 6.43. The topological polar surface area (TPSA) is 91.6 Å². The molecule has 0 aliphatic carbocycles. The molecule has 0 atom stereocenters. The fraction of sp³-hybridized carbons (Fsp3) is 0.538. The van der Waals surface area contributed by atoms with Gasteiger partial charge in [-0.15, -0.1) is 0 Å². The van der Waals surface area contributed by atoms with Crippen molar-refractivity contribution in [2.45, 2.75) is 25.7 Å². The Morgan fingerprint density at radius 1 is 1.16 bits per heavy atom. The Morgan fingerprint density at radius 2 is 1.95 bits per heavy atom. The molecule has 0 spiro atoms. The SMILES string of the molecule is O=C(CNC(=O)c1ccco1)NCCCCCCO. The maximum absolute atomic E-state index is 11.4. The molecule has 0 aliphatic heterocycles. The highest BCUT2D eigenvalue weighted by molar-refractivity contribution is 5.94. The zero-order valence-corrected chi connectivity index (χ0v) is 10.9. The average Bonchev–Trinajstić information content (AvgIpc) is 2.94. The van der Waals surface area contributed by atoms with Crippen molar-refractivity contribution >= 4 is 11.8 Å². The minimum Gasteiger partial charge on any atom is -0.459 e. The molecule has 0 radical (unpaired) electrons. The van der Waals surface area contributed by atoms with Crippen LogP contribution in [0.2, 0.25) is 0 Å². The Morgan fingerprint density at radius 3 is 2.63 bits per heavy atom. The number of hydrogen-bond acceptors (Lipinski definition) is 4. The summed E-state index contributed by atoms with van der Waals surface area (Å²) in [6.07, 6.45) is 5.01. The van der Waals surface area contributed by atoms with E-state index in [4.69, 9.17) is 9.52 Å². The van der Waals surface area contributed by atoms with Crippen LogP contribution in [0.3, 0.4) is 0 Å². The molecule has 0 unspecified atom stereocenters. The average molecular weight is 268 g/mol. The monoisotopic (exact) mass is 268 g/mol. The van der Waals surface area contributed by atoms with E-state index in [0.29, 0.717) is 6.54 Å². The molecule has 1 aromatic rings. The van der Waals surface area contributed by atoms with Crippen LogP contribution in [0.15, 0.2) is 22.8 Å². The number of furan rings is 1. The zero-order valence-electron chi connectivity index (χ0n) is 10.9. The molecule has 106 valence electrons. The van der Waals surface area contributed by atoms with Crippen LogP contribution in [-0.2, 0) is 4.79 Å². The second kappa shape index (κ2) is 9.16. The van der Waals surface area contributed by atoms with Gasteiger partial charge in [-0.1, -0.05) is 12.8 Å². The van der Waals surface area contributed by atoms with Crippen molar-refractivity contribution in [2.75, 3.05) is 19.7 Å². The Bertz CT molecular complexity index is 376. The third kappa shape index (κ3) is 6.61. The molecule has 1 heterocycles. The predicted molar refractivity (Wildman–Crippen MR) is 69.6 cm³/mol. The van der Waals surface area contributed by atoms with Gasteiger partial charge in [0.05, 0.1) is 12.8 Å². The normalized spacial score (nSPS) is 10.2. The lowest BCUT2D eigenvalue weighted by Crippen LogP contribution is -2.37. The van der Waals surface area contributed by atoms with Crippen LogP contribution in [0.1, 0.15) is 36.2 Å². The molecule has 1 aromatic heterocycles. The molecule has 0 bridgehead atoms. The summed E-state index contributed by atoms with van der Waals surface area (Å²) in [6.45, 7) is 0.738. The van der Waals surface area contributed by atoms with Crippen molar-refractivity contribution in [1.82, 2.24) is 10.6 Å².